The van der Waals surface area contributed by atoms with E-state index in [2.05, 4.69) is 35.2 Å². The van der Waals surface area contributed by atoms with E-state index in [4.69, 9.17) is 15.2 Å². The lowest BCUT2D eigenvalue weighted by atomic mass is 10.1. The summed E-state index contributed by atoms with van der Waals surface area (Å²) in [4.78, 5) is 80.2. The second kappa shape index (κ2) is 17.0. The molecule has 300 valence electrons. The van der Waals surface area contributed by atoms with Crippen LogP contribution in [0.15, 0.2) is 110 Å². The lowest BCUT2D eigenvalue weighted by Crippen LogP contribution is -2.42. The van der Waals surface area contributed by atoms with Gasteiger partial charge in [0.2, 0.25) is 6.10 Å². The van der Waals surface area contributed by atoms with Crippen LogP contribution in [0, 0.1) is 0 Å². The number of aromatic nitrogens is 6. The van der Waals surface area contributed by atoms with Crippen LogP contribution in [0.5, 0.6) is 0 Å². The highest BCUT2D eigenvalue weighted by Crippen LogP contribution is 2.36. The molecular formula is C43H42N10O6. The smallest absolute Gasteiger partial charge is 0.407 e. The van der Waals surface area contributed by atoms with Gasteiger partial charge in [0, 0.05) is 42.2 Å². The number of nitrogens with one attached hydrogen (secondary N) is 3. The predicted octanol–water partition coefficient (Wildman–Crippen LogP) is 6.18. The molecular weight excluding hydrogens is 753 g/mol. The molecule has 2 saturated heterocycles. The van der Waals surface area contributed by atoms with E-state index in [1.165, 1.54) is 7.11 Å². The van der Waals surface area contributed by atoms with Crippen molar-refractivity contribution >= 4 is 24.0 Å². The molecule has 4 amide bonds. The summed E-state index contributed by atoms with van der Waals surface area (Å²) in [5.41, 5.74) is 10.5. The highest BCUT2D eigenvalue weighted by molar-refractivity contribution is 5.87. The number of imidazole rings is 2. The number of benzene rings is 3. The molecule has 0 radical (unpaired) electrons. The minimum atomic E-state index is -1.16. The number of nitrogens with zero attached hydrogens (tertiary/aromatic N) is 6. The van der Waals surface area contributed by atoms with E-state index in [1.807, 2.05) is 48.5 Å². The zero-order chi connectivity index (χ0) is 40.9. The van der Waals surface area contributed by atoms with Gasteiger partial charge in [0.15, 0.2) is 5.82 Å². The van der Waals surface area contributed by atoms with Crippen LogP contribution < -0.4 is 11.1 Å². The summed E-state index contributed by atoms with van der Waals surface area (Å²) in [7, 11) is 1.27. The Hall–Kier alpha value is -7.36. The molecule has 2 fully saturated rings. The van der Waals surface area contributed by atoms with Crippen LogP contribution in [0.25, 0.3) is 33.9 Å². The van der Waals surface area contributed by atoms with Crippen molar-refractivity contribution in [3.05, 3.63) is 132 Å². The van der Waals surface area contributed by atoms with Crippen molar-refractivity contribution in [3.8, 4) is 33.9 Å². The first kappa shape index (κ1) is 38.5. The highest BCUT2D eigenvalue weighted by Gasteiger charge is 2.39. The maximum Gasteiger partial charge on any atom is 0.407 e. The Balaban J connectivity index is 0.928. The van der Waals surface area contributed by atoms with E-state index in [0.29, 0.717) is 53.8 Å². The quantitative estimate of drug-likeness (QED) is 0.117. The molecule has 5 heterocycles. The number of rotatable bonds is 11. The summed E-state index contributed by atoms with van der Waals surface area (Å²) < 4.78 is 10.1. The van der Waals surface area contributed by atoms with Crippen LogP contribution in [-0.4, -0.2) is 83.9 Å². The Bertz CT molecular complexity index is 2420. The number of alkyl carbamates (subject to hydrolysis) is 1. The lowest BCUT2D eigenvalue weighted by molar-refractivity contribution is -0.141. The number of likely N-dealkylation sites (tertiary alicyclic amines) is 2. The van der Waals surface area contributed by atoms with Gasteiger partial charge in [-0.25, -0.2) is 29.5 Å². The number of amides is 4. The van der Waals surface area contributed by atoms with Crippen LogP contribution in [0.4, 0.5) is 9.59 Å². The maximum atomic E-state index is 13.9. The number of carbonyl (C=O) groups is 4. The van der Waals surface area contributed by atoms with Gasteiger partial charge in [0.05, 0.1) is 43.0 Å². The number of aromatic amines is 2. The maximum absolute atomic E-state index is 13.9. The summed E-state index contributed by atoms with van der Waals surface area (Å²) in [6.07, 6.45) is 6.99. The number of hydrogen-bond donors (Lipinski definition) is 4. The summed E-state index contributed by atoms with van der Waals surface area (Å²) in [6, 6.07) is 24.2. The van der Waals surface area contributed by atoms with E-state index in [1.54, 1.807) is 71.0 Å². The molecule has 16 heteroatoms. The number of hydrogen-bond acceptors (Lipinski definition) is 10. The second-order valence-corrected chi connectivity index (χ2v) is 14.3. The second-order valence-electron chi connectivity index (χ2n) is 14.3. The van der Waals surface area contributed by atoms with Crippen molar-refractivity contribution in [3.63, 3.8) is 0 Å². The molecule has 0 saturated carbocycles. The average Bonchev–Trinajstić information content (AvgIpc) is 4.12. The molecule has 6 aromatic rings. The van der Waals surface area contributed by atoms with E-state index in [0.717, 1.165) is 41.6 Å². The van der Waals surface area contributed by atoms with E-state index in [9.17, 15) is 19.2 Å². The fourth-order valence-electron chi connectivity index (χ4n) is 7.78. The summed E-state index contributed by atoms with van der Waals surface area (Å²) in [5.74, 6) is 1.22. The van der Waals surface area contributed by atoms with Crippen LogP contribution in [0.1, 0.15) is 72.7 Å². The molecule has 16 nitrogen and oxygen atoms in total. The fraction of sp³-hybridized carbons (Fsp3) is 0.256. The number of carbonyl (C=O) groups excluding carboxylic acids is 4. The molecule has 5 N–H and O–H groups in total. The van der Waals surface area contributed by atoms with Crippen molar-refractivity contribution in [2.75, 3.05) is 20.2 Å². The summed E-state index contributed by atoms with van der Waals surface area (Å²) in [6.45, 7) is 1.02. The minimum absolute atomic E-state index is 0.233. The normalized spacial score (nSPS) is 17.3. The topological polar surface area (TPSA) is 214 Å². The third-order valence-electron chi connectivity index (χ3n) is 10.7. The first-order chi connectivity index (χ1) is 28.8. The number of ether oxygens (including phenoxy) is 2. The van der Waals surface area contributed by atoms with Gasteiger partial charge in [0.1, 0.15) is 17.7 Å². The molecule has 0 unspecified atom stereocenters. The van der Waals surface area contributed by atoms with Crippen LogP contribution in [0.3, 0.4) is 0 Å². The predicted molar refractivity (Wildman–Crippen MR) is 215 cm³/mol. The molecule has 3 aromatic heterocycles. The Labute approximate surface area is 339 Å². The average molecular weight is 795 g/mol. The largest absolute Gasteiger partial charge is 0.453 e. The van der Waals surface area contributed by atoms with Gasteiger partial charge in [0.25, 0.3) is 11.8 Å². The third-order valence-corrected chi connectivity index (χ3v) is 10.7. The Morgan fingerprint density at radius 2 is 1.20 bits per heavy atom. The highest BCUT2D eigenvalue weighted by atomic mass is 16.6. The van der Waals surface area contributed by atoms with Crippen LogP contribution in [0.2, 0.25) is 0 Å². The van der Waals surface area contributed by atoms with Crippen LogP contribution in [-0.2, 0) is 19.1 Å². The van der Waals surface area contributed by atoms with E-state index in [-0.39, 0.29) is 23.9 Å². The Kier molecular flexibility index (Phi) is 11.1. The molecule has 3 aromatic carbocycles. The third kappa shape index (κ3) is 8.23. The monoisotopic (exact) mass is 794 g/mol. The minimum Gasteiger partial charge on any atom is -0.453 e. The molecule has 0 aliphatic carbocycles. The van der Waals surface area contributed by atoms with Gasteiger partial charge < -0.3 is 40.3 Å². The fourth-order valence-corrected chi connectivity index (χ4v) is 7.78. The summed E-state index contributed by atoms with van der Waals surface area (Å²) in [5, 5.41) is 2.70. The molecule has 0 spiro atoms. The van der Waals surface area contributed by atoms with Crippen molar-refractivity contribution in [1.82, 2.24) is 45.0 Å². The summed E-state index contributed by atoms with van der Waals surface area (Å²) >= 11 is 0. The van der Waals surface area contributed by atoms with Crippen molar-refractivity contribution < 1.29 is 28.7 Å². The van der Waals surface area contributed by atoms with Gasteiger partial charge in [-0.1, -0.05) is 84.9 Å². The van der Waals surface area contributed by atoms with Gasteiger partial charge in [-0.05, 0) is 36.8 Å². The standard InChI is InChI=1S/C43H42N10O6/c1-58-43(57)51-35(27-10-4-2-5-11-27)40(54)52-20-8-14-33(52)38-47-24-31(49-38)26-16-18-29(19-17-26)37-45-22-30(23-46-37)32-25-48-39(50-32)34-15-9-21-53(34)41(55)36(59-42(44)56)28-12-6-3-7-13-28/h2-7,10-13,16-19,22-25,33-36H,8-9,14-15,20-21H2,1H3,(H2,44,56)(H,47,49)(H,48,50)(H,51,57)/t33-,34-,35+,36+/m0/s1. The number of primary amides is 1. The van der Waals surface area contributed by atoms with E-state index < -0.39 is 24.3 Å². The Morgan fingerprint density at radius 3 is 1.76 bits per heavy atom. The zero-order valence-electron chi connectivity index (χ0n) is 32.2. The molecule has 59 heavy (non-hydrogen) atoms. The zero-order valence-corrected chi connectivity index (χ0v) is 32.2. The van der Waals surface area contributed by atoms with Crippen molar-refractivity contribution in [2.45, 2.75) is 49.9 Å². The van der Waals surface area contributed by atoms with E-state index >= 15 is 0 Å². The molecule has 2 aliphatic heterocycles. The molecule has 8 rings (SSSR count). The van der Waals surface area contributed by atoms with Gasteiger partial charge in [-0.3, -0.25) is 9.59 Å². The van der Waals surface area contributed by atoms with Crippen molar-refractivity contribution in [1.29, 1.82) is 0 Å². The van der Waals surface area contributed by atoms with Crippen molar-refractivity contribution in [2.24, 2.45) is 5.73 Å². The Morgan fingerprint density at radius 1 is 0.678 bits per heavy atom. The number of methoxy groups -OCH3 is 1. The van der Waals surface area contributed by atoms with Gasteiger partial charge in [-0.2, -0.15) is 0 Å². The van der Waals surface area contributed by atoms with Gasteiger partial charge in [-0.15, -0.1) is 0 Å². The van der Waals surface area contributed by atoms with Crippen LogP contribution >= 0.6 is 0 Å². The first-order valence-corrected chi connectivity index (χ1v) is 19.3. The SMILES string of the molecule is COC(=O)N[C@@H](C(=O)N1CCC[C@H]1c1ncc(-c2ccc(-c3ncc(-c4cnc([C@@H]5CCCN5C(=O)[C@H](OC(N)=O)c5ccccc5)[nH]4)cn3)cc2)[nH]1)c1ccccc1. The molecule has 4 atom stereocenters. The lowest BCUT2D eigenvalue weighted by Gasteiger charge is -2.28. The number of H-pyrrole nitrogens is 2. The number of nitrogens with two attached hydrogens (primary N) is 1. The first-order valence-electron chi connectivity index (χ1n) is 19.3. The van der Waals surface area contributed by atoms with Gasteiger partial charge >= 0.3 is 12.2 Å². The molecule has 2 aliphatic rings. The molecule has 0 bridgehead atoms.